The van der Waals surface area contributed by atoms with Gasteiger partial charge >= 0.3 is 0 Å². The molecule has 3 aliphatic rings. The van der Waals surface area contributed by atoms with Gasteiger partial charge in [-0.1, -0.05) is 28.9 Å². The fourth-order valence-electron chi connectivity index (χ4n) is 3.19. The van der Waals surface area contributed by atoms with Crippen LogP contribution in [0.25, 0.3) is 0 Å². The predicted octanol–water partition coefficient (Wildman–Crippen LogP) is 4.63. The van der Waals surface area contributed by atoms with Crippen molar-refractivity contribution in [2.24, 2.45) is 0 Å². The Hall–Kier alpha value is -1.30. The molecule has 0 unspecified atom stereocenters. The molecule has 0 saturated heterocycles. The smallest absolute Gasteiger partial charge is 0.00573 e. The van der Waals surface area contributed by atoms with Crippen molar-refractivity contribution in [3.63, 3.8) is 0 Å². The molecule has 0 radical (unpaired) electrons. The first-order valence-electron chi connectivity index (χ1n) is 6.07. The van der Waals surface area contributed by atoms with Gasteiger partial charge in [-0.05, 0) is 68.4 Å². The maximum Gasteiger partial charge on any atom is -0.00573 e. The fraction of sp³-hybridized carbons (Fsp3) is 0.375. The zero-order chi connectivity index (χ0) is 11.4. The van der Waals surface area contributed by atoms with Crippen LogP contribution >= 0.6 is 0 Å². The molecule has 0 aliphatic heterocycles. The van der Waals surface area contributed by atoms with Gasteiger partial charge in [0.1, 0.15) is 0 Å². The van der Waals surface area contributed by atoms with E-state index in [0.29, 0.717) is 0 Å². The van der Waals surface area contributed by atoms with Crippen LogP contribution in [0.3, 0.4) is 0 Å². The average molecular weight is 210 g/mol. The lowest BCUT2D eigenvalue weighted by molar-refractivity contribution is 1.09. The second-order valence-electron chi connectivity index (χ2n) is 5.49. The molecule has 0 aromatic heterocycles. The van der Waals surface area contributed by atoms with Crippen molar-refractivity contribution in [1.29, 1.82) is 0 Å². The molecule has 0 bridgehead atoms. The fourth-order valence-corrected chi connectivity index (χ4v) is 3.19. The number of rotatable bonds is 0. The topological polar surface area (TPSA) is 0 Å². The Bertz CT molecular complexity index is 495. The lowest BCUT2D eigenvalue weighted by Gasteiger charge is -2.06. The van der Waals surface area contributed by atoms with Crippen LogP contribution in [0.15, 0.2) is 56.7 Å². The molecule has 3 aliphatic carbocycles. The maximum absolute atomic E-state index is 2.39. The van der Waals surface area contributed by atoms with E-state index in [1.54, 1.807) is 11.1 Å². The van der Waals surface area contributed by atoms with Crippen molar-refractivity contribution in [3.8, 4) is 0 Å². The Kier molecular flexibility index (Phi) is 1.92. The molecule has 0 aromatic carbocycles. The third kappa shape index (κ3) is 1.16. The second-order valence-corrected chi connectivity index (χ2v) is 5.49. The summed E-state index contributed by atoms with van der Waals surface area (Å²) in [5.41, 5.74) is 12.2. The molecule has 82 valence electrons. The molecule has 16 heavy (non-hydrogen) atoms. The molecule has 0 atom stereocenters. The van der Waals surface area contributed by atoms with E-state index in [0.717, 1.165) is 0 Å². The van der Waals surface area contributed by atoms with Crippen LogP contribution in [0.5, 0.6) is 0 Å². The zero-order valence-corrected chi connectivity index (χ0v) is 10.6. The van der Waals surface area contributed by atoms with E-state index in [1.165, 1.54) is 46.3 Å². The number of allylic oxidation sites excluding steroid dienone is 10. The van der Waals surface area contributed by atoms with E-state index in [9.17, 15) is 0 Å². The standard InChI is InChI=1S/C16H18/c1-9(2)16-14-7-10(3)5-12(14)13-6-11(4)8-15(13)16/h7-8H,5-6H2,1-4H3. The Morgan fingerprint density at radius 3 is 1.69 bits per heavy atom. The lowest BCUT2D eigenvalue weighted by Crippen LogP contribution is -1.88. The molecule has 0 nitrogen and oxygen atoms in total. The zero-order valence-electron chi connectivity index (χ0n) is 10.6. The van der Waals surface area contributed by atoms with E-state index >= 15 is 0 Å². The first kappa shape index (κ1) is 9.89. The number of hydrogen-bond acceptors (Lipinski definition) is 0. The van der Waals surface area contributed by atoms with Gasteiger partial charge in [-0.3, -0.25) is 0 Å². The van der Waals surface area contributed by atoms with Crippen LogP contribution < -0.4 is 0 Å². The van der Waals surface area contributed by atoms with Gasteiger partial charge in [0.05, 0.1) is 0 Å². The lowest BCUT2D eigenvalue weighted by atomic mass is 9.98. The Morgan fingerprint density at radius 1 is 0.875 bits per heavy atom. The van der Waals surface area contributed by atoms with Crippen molar-refractivity contribution in [2.45, 2.75) is 40.5 Å². The molecule has 3 rings (SSSR count). The summed E-state index contributed by atoms with van der Waals surface area (Å²) in [7, 11) is 0. The SMILES string of the molecule is CC1=CC2=C(C1)C1=C(C=C(C)C1)C2=C(C)C. The van der Waals surface area contributed by atoms with Crippen molar-refractivity contribution < 1.29 is 0 Å². The summed E-state index contributed by atoms with van der Waals surface area (Å²) in [6.45, 7) is 8.96. The van der Waals surface area contributed by atoms with Gasteiger partial charge in [0, 0.05) is 0 Å². The molecule has 0 amide bonds. The maximum atomic E-state index is 2.39. The van der Waals surface area contributed by atoms with E-state index < -0.39 is 0 Å². The molecular weight excluding hydrogens is 192 g/mol. The van der Waals surface area contributed by atoms with Gasteiger partial charge in [0.25, 0.3) is 0 Å². The highest BCUT2D eigenvalue weighted by atomic mass is 14.4. The van der Waals surface area contributed by atoms with E-state index in [-0.39, 0.29) is 0 Å². The molecule has 0 heteroatoms. The van der Waals surface area contributed by atoms with Crippen LogP contribution in [-0.2, 0) is 0 Å². The normalized spacial score (nSPS) is 22.6. The number of hydrogen-bond donors (Lipinski definition) is 0. The van der Waals surface area contributed by atoms with Crippen molar-refractivity contribution in [3.05, 3.63) is 56.7 Å². The minimum atomic E-state index is 1.17. The third-order valence-electron chi connectivity index (χ3n) is 3.75. The summed E-state index contributed by atoms with van der Waals surface area (Å²) >= 11 is 0. The minimum absolute atomic E-state index is 1.17. The third-order valence-corrected chi connectivity index (χ3v) is 3.75. The monoisotopic (exact) mass is 210 g/mol. The summed E-state index contributed by atoms with van der Waals surface area (Å²) < 4.78 is 0. The van der Waals surface area contributed by atoms with Crippen LogP contribution in [0.1, 0.15) is 40.5 Å². The molecule has 0 aromatic rings. The first-order chi connectivity index (χ1) is 7.58. The van der Waals surface area contributed by atoms with E-state index in [4.69, 9.17) is 0 Å². The highest BCUT2D eigenvalue weighted by Gasteiger charge is 2.32. The van der Waals surface area contributed by atoms with Crippen LogP contribution in [0.2, 0.25) is 0 Å². The van der Waals surface area contributed by atoms with Gasteiger partial charge in [-0.2, -0.15) is 0 Å². The first-order valence-corrected chi connectivity index (χ1v) is 6.07. The Labute approximate surface area is 97.7 Å². The van der Waals surface area contributed by atoms with Crippen LogP contribution in [-0.4, -0.2) is 0 Å². The molecule has 0 N–H and O–H groups in total. The van der Waals surface area contributed by atoms with Gasteiger partial charge < -0.3 is 0 Å². The number of fused-ring (bicyclic) bond motifs is 1. The van der Waals surface area contributed by atoms with Crippen LogP contribution in [0, 0.1) is 0 Å². The van der Waals surface area contributed by atoms with Crippen molar-refractivity contribution >= 4 is 0 Å². The van der Waals surface area contributed by atoms with Gasteiger partial charge in [0.2, 0.25) is 0 Å². The molecule has 0 spiro atoms. The molecular formula is C16H18. The second kappa shape index (κ2) is 3.10. The van der Waals surface area contributed by atoms with Crippen LogP contribution in [0.4, 0.5) is 0 Å². The van der Waals surface area contributed by atoms with E-state index in [1.807, 2.05) is 0 Å². The van der Waals surface area contributed by atoms with Gasteiger partial charge in [-0.25, -0.2) is 0 Å². The highest BCUT2D eigenvalue weighted by Crippen LogP contribution is 2.50. The highest BCUT2D eigenvalue weighted by molar-refractivity contribution is 5.76. The van der Waals surface area contributed by atoms with Gasteiger partial charge in [0.15, 0.2) is 0 Å². The van der Waals surface area contributed by atoms with Gasteiger partial charge in [-0.15, -0.1) is 0 Å². The Morgan fingerprint density at radius 2 is 1.31 bits per heavy atom. The van der Waals surface area contributed by atoms with E-state index in [2.05, 4.69) is 39.8 Å². The minimum Gasteiger partial charge on any atom is -0.0683 e. The Balaban J connectivity index is 2.18. The van der Waals surface area contributed by atoms with Crippen molar-refractivity contribution in [1.82, 2.24) is 0 Å². The predicted molar refractivity (Wildman–Crippen MR) is 69.2 cm³/mol. The van der Waals surface area contributed by atoms with Crippen molar-refractivity contribution in [2.75, 3.05) is 0 Å². The summed E-state index contributed by atoms with van der Waals surface area (Å²) in [6, 6.07) is 0. The quantitative estimate of drug-likeness (QED) is 0.547. The summed E-state index contributed by atoms with van der Waals surface area (Å²) in [5.74, 6) is 0. The summed E-state index contributed by atoms with van der Waals surface area (Å²) in [6.07, 6.45) is 7.12. The molecule has 0 fully saturated rings. The largest absolute Gasteiger partial charge is 0.0683 e. The molecule has 0 saturated carbocycles. The summed E-state index contributed by atoms with van der Waals surface area (Å²) in [4.78, 5) is 0. The average Bonchev–Trinajstić information content (AvgIpc) is 2.75. The molecule has 0 heterocycles. The summed E-state index contributed by atoms with van der Waals surface area (Å²) in [5, 5.41) is 0.